The van der Waals surface area contributed by atoms with Crippen LogP contribution in [0.4, 0.5) is 5.69 Å². The van der Waals surface area contributed by atoms with Gasteiger partial charge in [0.25, 0.3) is 5.88 Å². The Hall–Kier alpha value is -3.32. The summed E-state index contributed by atoms with van der Waals surface area (Å²) in [5.74, 6) is -0.169. The predicted molar refractivity (Wildman–Crippen MR) is 114 cm³/mol. The maximum absolute atomic E-state index is 13.1. The molecule has 8 heteroatoms. The number of halogens is 1. The summed E-state index contributed by atoms with van der Waals surface area (Å²) >= 11 is 5.92. The Morgan fingerprint density at radius 3 is 2.52 bits per heavy atom. The molecule has 1 aromatic heterocycles. The zero-order valence-electron chi connectivity index (χ0n) is 16.4. The van der Waals surface area contributed by atoms with Crippen LogP contribution in [0.2, 0.25) is 5.02 Å². The van der Waals surface area contributed by atoms with Crippen LogP contribution < -0.4 is 20.9 Å². The Kier molecular flexibility index (Phi) is 5.89. The molecular weight excluding hydrogens is 392 g/mol. The number of allylic oxidation sites excluding steroid dienone is 1. The van der Waals surface area contributed by atoms with Gasteiger partial charge in [-0.25, -0.2) is 9.36 Å². The van der Waals surface area contributed by atoms with Gasteiger partial charge in [0.15, 0.2) is 0 Å². The lowest BCUT2D eigenvalue weighted by molar-refractivity contribution is 0.367. The fraction of sp³-hybridized carbons (Fsp3) is 0.190. The van der Waals surface area contributed by atoms with Crippen molar-refractivity contribution in [3.63, 3.8) is 0 Å². The van der Waals surface area contributed by atoms with Crippen LogP contribution in [0.15, 0.2) is 70.4 Å². The lowest BCUT2D eigenvalue weighted by atomic mass is 10.2. The van der Waals surface area contributed by atoms with Gasteiger partial charge in [-0.05, 0) is 42.8 Å². The van der Waals surface area contributed by atoms with Crippen molar-refractivity contribution >= 4 is 17.3 Å². The molecule has 0 atom stereocenters. The molecule has 0 bridgehead atoms. The molecule has 0 fully saturated rings. The van der Waals surface area contributed by atoms with Crippen molar-refractivity contribution in [2.45, 2.75) is 13.5 Å². The monoisotopic (exact) mass is 412 g/mol. The molecule has 0 aliphatic rings. The molecule has 0 N–H and O–H groups in total. The van der Waals surface area contributed by atoms with E-state index < -0.39 is 11.2 Å². The first-order chi connectivity index (χ1) is 13.8. The van der Waals surface area contributed by atoms with Gasteiger partial charge in [-0.1, -0.05) is 36.4 Å². The number of aromatic nitrogens is 3. The van der Waals surface area contributed by atoms with Crippen LogP contribution in [-0.2, 0) is 6.54 Å². The minimum atomic E-state index is -0.598. The largest absolute Gasteiger partial charge is 0.476 e. The zero-order chi connectivity index (χ0) is 21.1. The van der Waals surface area contributed by atoms with Gasteiger partial charge in [-0.2, -0.15) is 4.68 Å². The van der Waals surface area contributed by atoms with E-state index in [0.29, 0.717) is 10.7 Å². The number of hydrogen-bond acceptors (Lipinski definition) is 5. The van der Waals surface area contributed by atoms with E-state index in [0.717, 1.165) is 26.2 Å². The van der Waals surface area contributed by atoms with Crippen LogP contribution in [0.5, 0.6) is 5.88 Å². The maximum atomic E-state index is 13.1. The van der Waals surface area contributed by atoms with Gasteiger partial charge in [0.1, 0.15) is 0 Å². The van der Waals surface area contributed by atoms with Crippen molar-refractivity contribution in [2.75, 3.05) is 19.1 Å². The molecule has 0 saturated carbocycles. The van der Waals surface area contributed by atoms with E-state index in [-0.39, 0.29) is 12.4 Å². The minimum Gasteiger partial charge on any atom is -0.476 e. The smallest absolute Gasteiger partial charge is 0.352 e. The van der Waals surface area contributed by atoms with Crippen LogP contribution in [0.3, 0.4) is 0 Å². The highest BCUT2D eigenvalue weighted by atomic mass is 35.5. The number of benzene rings is 2. The van der Waals surface area contributed by atoms with Crippen molar-refractivity contribution in [3.8, 4) is 11.6 Å². The first-order valence-electron chi connectivity index (χ1n) is 8.84. The van der Waals surface area contributed by atoms with Gasteiger partial charge < -0.3 is 9.64 Å². The SMILES string of the molecule is C=C(C)N(C)c1cccc(-n2nc(OC)c(=O)n(Cc3ccc(Cl)cc3)c2=O)c1. The fourth-order valence-electron chi connectivity index (χ4n) is 2.75. The molecule has 150 valence electrons. The third kappa shape index (κ3) is 4.25. The highest BCUT2D eigenvalue weighted by Gasteiger charge is 2.16. The van der Waals surface area contributed by atoms with Crippen molar-refractivity contribution in [2.24, 2.45) is 0 Å². The Bertz CT molecular complexity index is 1170. The topological polar surface area (TPSA) is 69.4 Å². The Morgan fingerprint density at radius 1 is 1.21 bits per heavy atom. The second-order valence-electron chi connectivity index (χ2n) is 6.54. The second kappa shape index (κ2) is 8.36. The van der Waals surface area contributed by atoms with Crippen LogP contribution in [0.1, 0.15) is 12.5 Å². The second-order valence-corrected chi connectivity index (χ2v) is 6.97. The summed E-state index contributed by atoms with van der Waals surface area (Å²) in [6.07, 6.45) is 0. The number of methoxy groups -OCH3 is 1. The lowest BCUT2D eigenvalue weighted by Crippen LogP contribution is -2.41. The standard InChI is InChI=1S/C21H21ClN4O3/c1-14(2)24(3)17-6-5-7-18(12-17)26-21(28)25(20(27)19(23-26)29-4)13-15-8-10-16(22)11-9-15/h5-12H,1,13H2,2-4H3. The van der Waals surface area contributed by atoms with E-state index in [1.807, 2.05) is 24.9 Å². The third-order valence-corrected chi connectivity index (χ3v) is 4.76. The average Bonchev–Trinajstić information content (AvgIpc) is 2.72. The summed E-state index contributed by atoms with van der Waals surface area (Å²) in [5, 5.41) is 4.68. The predicted octanol–water partition coefficient (Wildman–Crippen LogP) is 3.07. The van der Waals surface area contributed by atoms with Crippen LogP contribution in [0.25, 0.3) is 5.69 Å². The summed E-state index contributed by atoms with van der Waals surface area (Å²) < 4.78 is 7.37. The molecule has 7 nitrogen and oxygen atoms in total. The van der Waals surface area contributed by atoms with Gasteiger partial charge in [0.05, 0.1) is 19.3 Å². The number of nitrogens with zero attached hydrogens (tertiary/aromatic N) is 4. The first-order valence-corrected chi connectivity index (χ1v) is 9.22. The molecule has 3 rings (SSSR count). The Labute approximate surface area is 173 Å². The number of rotatable bonds is 6. The quantitative estimate of drug-likeness (QED) is 0.622. The normalized spacial score (nSPS) is 10.6. The van der Waals surface area contributed by atoms with Gasteiger partial charge in [0.2, 0.25) is 0 Å². The molecule has 0 aliphatic heterocycles. The molecule has 0 spiro atoms. The van der Waals surface area contributed by atoms with Crippen molar-refractivity contribution in [3.05, 3.63) is 92.2 Å². The van der Waals surface area contributed by atoms with Gasteiger partial charge in [-0.15, -0.1) is 5.10 Å². The molecule has 0 saturated heterocycles. The Balaban J connectivity index is 2.14. The molecule has 3 aromatic rings. The molecule has 0 radical (unpaired) electrons. The molecule has 0 aliphatic carbocycles. The maximum Gasteiger partial charge on any atom is 0.352 e. The zero-order valence-corrected chi connectivity index (χ0v) is 17.2. The third-order valence-electron chi connectivity index (χ3n) is 4.51. The summed E-state index contributed by atoms with van der Waals surface area (Å²) in [4.78, 5) is 27.6. The summed E-state index contributed by atoms with van der Waals surface area (Å²) in [6.45, 7) is 5.87. The van der Waals surface area contributed by atoms with E-state index >= 15 is 0 Å². The van der Waals surface area contributed by atoms with Gasteiger partial charge in [-0.3, -0.25) is 4.79 Å². The van der Waals surface area contributed by atoms with Gasteiger partial charge in [0, 0.05) is 23.5 Å². The van der Waals surface area contributed by atoms with E-state index in [2.05, 4.69) is 11.7 Å². The van der Waals surface area contributed by atoms with E-state index in [1.54, 1.807) is 42.5 Å². The summed E-state index contributed by atoms with van der Waals surface area (Å²) in [5.41, 5.74) is 1.76. The highest BCUT2D eigenvalue weighted by Crippen LogP contribution is 2.19. The van der Waals surface area contributed by atoms with Crippen LogP contribution in [0, 0.1) is 0 Å². The fourth-order valence-corrected chi connectivity index (χ4v) is 2.88. The summed E-state index contributed by atoms with van der Waals surface area (Å²) in [6, 6.07) is 14.2. The molecule has 0 amide bonds. The average molecular weight is 413 g/mol. The lowest BCUT2D eigenvalue weighted by Gasteiger charge is -2.20. The van der Waals surface area contributed by atoms with Crippen molar-refractivity contribution < 1.29 is 4.74 Å². The molecule has 2 aromatic carbocycles. The molecule has 0 unspecified atom stereocenters. The first kappa shape index (κ1) is 20.4. The highest BCUT2D eigenvalue weighted by molar-refractivity contribution is 6.30. The molecule has 29 heavy (non-hydrogen) atoms. The van der Waals surface area contributed by atoms with E-state index in [4.69, 9.17) is 16.3 Å². The summed E-state index contributed by atoms with van der Waals surface area (Å²) in [7, 11) is 3.22. The minimum absolute atomic E-state index is 0.0685. The van der Waals surface area contributed by atoms with Crippen LogP contribution >= 0.6 is 11.6 Å². The number of anilines is 1. The van der Waals surface area contributed by atoms with Crippen LogP contribution in [-0.4, -0.2) is 28.5 Å². The molecular formula is C21H21ClN4O3. The number of ether oxygens (including phenoxy) is 1. The van der Waals surface area contributed by atoms with Crippen molar-refractivity contribution in [1.29, 1.82) is 0 Å². The Morgan fingerprint density at radius 2 is 1.90 bits per heavy atom. The number of hydrogen-bond donors (Lipinski definition) is 0. The van der Waals surface area contributed by atoms with Crippen molar-refractivity contribution in [1.82, 2.24) is 14.3 Å². The van der Waals surface area contributed by atoms with E-state index in [1.165, 1.54) is 7.11 Å². The molecule has 1 heterocycles. The van der Waals surface area contributed by atoms with E-state index in [9.17, 15) is 9.59 Å². The van der Waals surface area contributed by atoms with Gasteiger partial charge >= 0.3 is 11.2 Å².